The first-order valence-corrected chi connectivity index (χ1v) is 14.7. The van der Waals surface area contributed by atoms with Crippen LogP contribution in [0.25, 0.3) is 0 Å². The zero-order valence-electron chi connectivity index (χ0n) is 23.7. The summed E-state index contributed by atoms with van der Waals surface area (Å²) < 4.78 is 31.5. The molecule has 2 aromatic carbocycles. The summed E-state index contributed by atoms with van der Waals surface area (Å²) in [7, 11) is 0. The summed E-state index contributed by atoms with van der Waals surface area (Å²) in [6.45, 7) is 7.45. The third-order valence-corrected chi connectivity index (χ3v) is 8.74. The predicted octanol–water partition coefficient (Wildman–Crippen LogP) is 6.16. The molecule has 2 amide bonds. The smallest absolute Gasteiger partial charge is 0.238 e. The molecule has 0 radical (unpaired) electrons. The number of nitriles is 1. The van der Waals surface area contributed by atoms with Gasteiger partial charge in [0, 0.05) is 41.6 Å². The van der Waals surface area contributed by atoms with Crippen molar-refractivity contribution >= 4 is 35.0 Å². The fraction of sp³-hybridized carbons (Fsp3) is 0.516. The van der Waals surface area contributed by atoms with E-state index in [9.17, 15) is 14.9 Å². The lowest BCUT2D eigenvalue weighted by Crippen LogP contribution is -2.50. The van der Waals surface area contributed by atoms with Gasteiger partial charge in [-0.05, 0) is 61.3 Å². The number of nitrogens with zero attached hydrogens (tertiary/aromatic N) is 1. The lowest BCUT2D eigenvalue weighted by molar-refractivity contribution is -0.124. The molecule has 4 atom stereocenters. The minimum atomic E-state index is -1.67. The Bertz CT molecular complexity index is 1350. The molecule has 1 aliphatic heterocycles. The quantitative estimate of drug-likeness (QED) is 0.368. The van der Waals surface area contributed by atoms with Gasteiger partial charge in [-0.2, -0.15) is 5.26 Å². The number of hydrogen-bond donors (Lipinski definition) is 3. The van der Waals surface area contributed by atoms with Crippen molar-refractivity contribution in [2.75, 3.05) is 0 Å². The molecule has 2 aromatic rings. The Morgan fingerprint density at radius 1 is 1.07 bits per heavy atom. The Balaban J connectivity index is 1.80. The van der Waals surface area contributed by atoms with E-state index in [0.29, 0.717) is 32.1 Å². The van der Waals surface area contributed by atoms with Gasteiger partial charge >= 0.3 is 0 Å². The Labute approximate surface area is 250 Å². The van der Waals surface area contributed by atoms with Gasteiger partial charge in [0.2, 0.25) is 11.8 Å². The third kappa shape index (κ3) is 6.53. The molecule has 2 aliphatic rings. The van der Waals surface area contributed by atoms with E-state index in [1.807, 2.05) is 20.8 Å². The molecule has 0 bridgehead atoms. The van der Waals surface area contributed by atoms with Gasteiger partial charge in [0.05, 0.1) is 17.1 Å². The second-order valence-corrected chi connectivity index (χ2v) is 13.3. The summed E-state index contributed by atoms with van der Waals surface area (Å²) in [5.41, 5.74) is -1.89. The van der Waals surface area contributed by atoms with Crippen LogP contribution in [0.15, 0.2) is 36.4 Å². The van der Waals surface area contributed by atoms with Gasteiger partial charge in [-0.15, -0.1) is 0 Å². The monoisotopic (exact) mass is 604 g/mol. The van der Waals surface area contributed by atoms with Crippen molar-refractivity contribution in [2.24, 2.45) is 5.41 Å². The van der Waals surface area contributed by atoms with Gasteiger partial charge in [0.25, 0.3) is 0 Å². The van der Waals surface area contributed by atoms with Crippen LogP contribution in [0, 0.1) is 28.4 Å². The first-order valence-electron chi connectivity index (χ1n) is 13.9. The highest BCUT2D eigenvalue weighted by Crippen LogP contribution is 2.52. The molecule has 10 heteroatoms. The number of carbonyl (C=O) groups is 2. The molecule has 2 fully saturated rings. The van der Waals surface area contributed by atoms with Crippen molar-refractivity contribution in [3.63, 3.8) is 0 Å². The van der Waals surface area contributed by atoms with E-state index < -0.39 is 41.0 Å². The molecule has 1 heterocycles. The Morgan fingerprint density at radius 2 is 1.71 bits per heavy atom. The molecule has 1 aliphatic carbocycles. The van der Waals surface area contributed by atoms with Gasteiger partial charge in [0.1, 0.15) is 17.0 Å². The van der Waals surface area contributed by atoms with Crippen molar-refractivity contribution < 1.29 is 18.4 Å². The SMILES string of the molecule is CC(=O)NC1CCC(NC(=O)C2NC(CC(C)(C)C)C(C#N)(c3ccc(Cl)cc3F)C2c2cccc(Cl)c2F)CC1. The highest BCUT2D eigenvalue weighted by Gasteiger charge is 2.61. The minimum Gasteiger partial charge on any atom is -0.354 e. The normalized spacial score (nSPS) is 28.1. The fourth-order valence-electron chi connectivity index (χ4n) is 6.52. The maximum absolute atomic E-state index is 15.8. The van der Waals surface area contributed by atoms with Crippen LogP contribution in [0.3, 0.4) is 0 Å². The van der Waals surface area contributed by atoms with Gasteiger partial charge in [0.15, 0.2) is 0 Å². The van der Waals surface area contributed by atoms with Crippen LogP contribution in [0.2, 0.25) is 10.0 Å². The number of rotatable bonds is 6. The first kappa shape index (κ1) is 31.2. The second kappa shape index (κ2) is 12.2. The van der Waals surface area contributed by atoms with Crippen molar-refractivity contribution in [3.05, 3.63) is 69.2 Å². The van der Waals surface area contributed by atoms with E-state index in [1.165, 1.54) is 31.2 Å². The maximum atomic E-state index is 15.8. The minimum absolute atomic E-state index is 0.0432. The lowest BCUT2D eigenvalue weighted by Gasteiger charge is -2.37. The summed E-state index contributed by atoms with van der Waals surface area (Å²) in [5, 5.41) is 20.3. The van der Waals surface area contributed by atoms with Gasteiger partial charge in [-0.1, -0.05) is 62.2 Å². The number of nitrogens with one attached hydrogen (secondary N) is 3. The highest BCUT2D eigenvalue weighted by atomic mass is 35.5. The molecule has 4 unspecified atom stereocenters. The fourth-order valence-corrected chi connectivity index (χ4v) is 6.86. The Hall–Kier alpha value is -2.73. The van der Waals surface area contributed by atoms with Crippen molar-refractivity contribution in [1.82, 2.24) is 16.0 Å². The largest absolute Gasteiger partial charge is 0.354 e. The summed E-state index contributed by atoms with van der Waals surface area (Å²) >= 11 is 12.3. The zero-order valence-corrected chi connectivity index (χ0v) is 25.2. The zero-order chi connectivity index (χ0) is 30.1. The molecular formula is C31H36Cl2F2N4O2. The van der Waals surface area contributed by atoms with E-state index in [0.717, 1.165) is 6.07 Å². The Kier molecular flexibility index (Phi) is 9.32. The second-order valence-electron chi connectivity index (χ2n) is 12.4. The Morgan fingerprint density at radius 3 is 2.27 bits per heavy atom. The van der Waals surface area contributed by atoms with E-state index >= 15 is 8.78 Å². The molecule has 4 rings (SSSR count). The summed E-state index contributed by atoms with van der Waals surface area (Å²) in [5.74, 6) is -3.05. The molecular weight excluding hydrogens is 569 g/mol. The molecule has 0 aromatic heterocycles. The van der Waals surface area contributed by atoms with Crippen LogP contribution in [-0.4, -0.2) is 36.0 Å². The van der Waals surface area contributed by atoms with Crippen molar-refractivity contribution in [1.29, 1.82) is 5.26 Å². The van der Waals surface area contributed by atoms with Crippen LogP contribution in [0.5, 0.6) is 0 Å². The molecule has 220 valence electrons. The van der Waals surface area contributed by atoms with Crippen molar-refractivity contribution in [2.45, 2.75) is 95.3 Å². The molecule has 6 nitrogen and oxygen atoms in total. The van der Waals surface area contributed by atoms with Crippen LogP contribution >= 0.6 is 23.2 Å². The predicted molar refractivity (Wildman–Crippen MR) is 156 cm³/mol. The molecule has 1 saturated carbocycles. The summed E-state index contributed by atoms with van der Waals surface area (Å²) in [6, 6.07) is 9.04. The number of amides is 2. The summed E-state index contributed by atoms with van der Waals surface area (Å²) in [4.78, 5) is 25.5. The first-order chi connectivity index (χ1) is 19.3. The van der Waals surface area contributed by atoms with E-state index in [2.05, 4.69) is 22.0 Å². The standard InChI is InChI=1S/C31H36Cl2F2N4O2/c1-17(40)37-19-9-11-20(12-10-19)38-29(41)28-26(21-6-5-7-23(33)27(21)35)31(16-36,25(39-28)15-30(2,3)4)22-13-8-18(32)14-24(22)34/h5-8,13-14,19-20,25-26,28,39H,9-12,15H2,1-4H3,(H,37,40)(H,38,41). The van der Waals surface area contributed by atoms with E-state index in [4.69, 9.17) is 23.2 Å². The lowest BCUT2D eigenvalue weighted by atomic mass is 9.62. The maximum Gasteiger partial charge on any atom is 0.238 e. The highest BCUT2D eigenvalue weighted by molar-refractivity contribution is 6.31. The van der Waals surface area contributed by atoms with Gasteiger partial charge < -0.3 is 16.0 Å². The van der Waals surface area contributed by atoms with E-state index in [-0.39, 0.29) is 44.6 Å². The number of benzene rings is 2. The molecule has 1 saturated heterocycles. The van der Waals surface area contributed by atoms with E-state index in [1.54, 1.807) is 6.07 Å². The van der Waals surface area contributed by atoms with Gasteiger partial charge in [-0.25, -0.2) is 8.78 Å². The van der Waals surface area contributed by atoms with Crippen LogP contribution in [0.4, 0.5) is 8.78 Å². The van der Waals surface area contributed by atoms with Crippen LogP contribution in [0.1, 0.15) is 76.8 Å². The van der Waals surface area contributed by atoms with Crippen molar-refractivity contribution in [3.8, 4) is 6.07 Å². The number of halogens is 4. The average molecular weight is 606 g/mol. The molecule has 3 N–H and O–H groups in total. The van der Waals surface area contributed by atoms with Crippen LogP contribution in [-0.2, 0) is 15.0 Å². The number of carbonyl (C=O) groups excluding carboxylic acids is 2. The third-order valence-electron chi connectivity index (χ3n) is 8.21. The summed E-state index contributed by atoms with van der Waals surface area (Å²) in [6.07, 6.45) is 3.12. The average Bonchev–Trinajstić information content (AvgIpc) is 3.19. The number of hydrogen-bond acceptors (Lipinski definition) is 4. The van der Waals surface area contributed by atoms with Crippen LogP contribution < -0.4 is 16.0 Å². The topological polar surface area (TPSA) is 94.0 Å². The molecule has 0 spiro atoms. The van der Waals surface area contributed by atoms with Gasteiger partial charge in [-0.3, -0.25) is 9.59 Å². The molecule has 41 heavy (non-hydrogen) atoms.